The van der Waals surface area contributed by atoms with E-state index in [9.17, 15) is 27.9 Å². The molecule has 3 N–H and O–H groups in total. The summed E-state index contributed by atoms with van der Waals surface area (Å²) in [7, 11) is 1.18. The molecule has 12 nitrogen and oxygen atoms in total. The van der Waals surface area contributed by atoms with Crippen LogP contribution in [0.1, 0.15) is 29.1 Å². The van der Waals surface area contributed by atoms with Crippen molar-refractivity contribution in [2.24, 2.45) is 0 Å². The van der Waals surface area contributed by atoms with E-state index in [0.29, 0.717) is 17.5 Å². The standard InChI is InChI=1S/C19H18F3N7O5/c1-9-3-10(27-34-9)6-29-17(31)15-16(26-18(29)32)23-8-28(15)7-14(30)25-13-5-11(33-2)4-12(24-13)19(20,21)22/h3-5,8,17,31H,6-7H2,1-2H3,(H,26,32)(H,24,25,30). The fraction of sp³-hybridized carbons (Fsp3) is 0.316. The van der Waals surface area contributed by atoms with Gasteiger partial charge in [-0.05, 0) is 6.92 Å². The molecule has 1 atom stereocenters. The van der Waals surface area contributed by atoms with Crippen LogP contribution in [0, 0.1) is 6.92 Å². The maximum atomic E-state index is 13.1. The van der Waals surface area contributed by atoms with Gasteiger partial charge in [0.25, 0.3) is 0 Å². The molecule has 0 saturated carbocycles. The number of aliphatic hydroxyl groups is 1. The zero-order valence-electron chi connectivity index (χ0n) is 17.8. The highest BCUT2D eigenvalue weighted by Crippen LogP contribution is 2.33. The van der Waals surface area contributed by atoms with Gasteiger partial charge in [0.1, 0.15) is 35.3 Å². The summed E-state index contributed by atoms with van der Waals surface area (Å²) in [6.45, 7) is 1.14. The van der Waals surface area contributed by atoms with Crippen molar-refractivity contribution in [3.8, 4) is 5.75 Å². The summed E-state index contributed by atoms with van der Waals surface area (Å²) >= 11 is 0. The number of amides is 3. The van der Waals surface area contributed by atoms with E-state index in [4.69, 9.17) is 9.26 Å². The summed E-state index contributed by atoms with van der Waals surface area (Å²) in [5.74, 6) is -0.713. The predicted molar refractivity (Wildman–Crippen MR) is 107 cm³/mol. The van der Waals surface area contributed by atoms with Gasteiger partial charge in [-0.2, -0.15) is 13.2 Å². The number of ether oxygens (including phenoxy) is 1. The molecule has 0 aromatic carbocycles. The number of aliphatic hydroxyl groups excluding tert-OH is 1. The molecule has 3 aromatic heterocycles. The van der Waals surface area contributed by atoms with Gasteiger partial charge in [-0.15, -0.1) is 0 Å². The maximum Gasteiger partial charge on any atom is 0.433 e. The number of alkyl halides is 3. The van der Waals surface area contributed by atoms with Gasteiger partial charge in [0.15, 0.2) is 17.7 Å². The molecule has 4 rings (SSSR count). The Morgan fingerprint density at radius 1 is 1.35 bits per heavy atom. The van der Waals surface area contributed by atoms with Crippen molar-refractivity contribution in [3.05, 3.63) is 47.4 Å². The number of carbonyl (C=O) groups excluding carboxylic acids is 2. The zero-order chi connectivity index (χ0) is 24.6. The number of imidazole rings is 1. The third-order valence-electron chi connectivity index (χ3n) is 4.82. The molecule has 3 amide bonds. The number of carbonyl (C=O) groups is 2. The van der Waals surface area contributed by atoms with Crippen LogP contribution in [0.3, 0.4) is 0 Å². The number of rotatable bonds is 6. The molecule has 4 heterocycles. The van der Waals surface area contributed by atoms with E-state index in [-0.39, 0.29) is 29.6 Å². The molecule has 180 valence electrons. The number of fused-ring (bicyclic) bond motifs is 1. The first-order chi connectivity index (χ1) is 16.0. The van der Waals surface area contributed by atoms with Crippen molar-refractivity contribution in [2.45, 2.75) is 32.4 Å². The predicted octanol–water partition coefficient (Wildman–Crippen LogP) is 2.28. The summed E-state index contributed by atoms with van der Waals surface area (Å²) < 4.78 is 50.2. The molecular formula is C19H18F3N7O5. The normalized spacial score (nSPS) is 15.6. The Balaban J connectivity index is 1.52. The number of aromatic nitrogens is 4. The number of hydrogen-bond acceptors (Lipinski definition) is 8. The Morgan fingerprint density at radius 3 is 2.76 bits per heavy atom. The van der Waals surface area contributed by atoms with Crippen molar-refractivity contribution in [2.75, 3.05) is 17.7 Å². The van der Waals surface area contributed by atoms with E-state index in [1.54, 1.807) is 13.0 Å². The summed E-state index contributed by atoms with van der Waals surface area (Å²) in [6.07, 6.45) is -5.02. The highest BCUT2D eigenvalue weighted by Gasteiger charge is 2.36. The molecule has 34 heavy (non-hydrogen) atoms. The quantitative estimate of drug-likeness (QED) is 0.486. The number of nitrogens with zero attached hydrogens (tertiary/aromatic N) is 5. The Kier molecular flexibility index (Phi) is 5.87. The Bertz CT molecular complexity index is 1240. The fourth-order valence-electron chi connectivity index (χ4n) is 3.31. The monoisotopic (exact) mass is 481 g/mol. The second-order valence-corrected chi connectivity index (χ2v) is 7.29. The van der Waals surface area contributed by atoms with Crippen molar-refractivity contribution >= 4 is 23.6 Å². The van der Waals surface area contributed by atoms with E-state index >= 15 is 0 Å². The molecule has 1 unspecified atom stereocenters. The van der Waals surface area contributed by atoms with Crippen LogP contribution in [0.2, 0.25) is 0 Å². The Morgan fingerprint density at radius 2 is 2.12 bits per heavy atom. The molecule has 0 aliphatic carbocycles. The number of urea groups is 1. The number of halogens is 3. The Labute approximate surface area is 189 Å². The minimum Gasteiger partial charge on any atom is -0.497 e. The number of aryl methyl sites for hydroxylation is 1. The van der Waals surface area contributed by atoms with Gasteiger partial charge < -0.3 is 24.3 Å². The first-order valence-corrected chi connectivity index (χ1v) is 9.71. The van der Waals surface area contributed by atoms with Gasteiger partial charge in [0.2, 0.25) is 5.91 Å². The number of nitrogens with one attached hydrogen (secondary N) is 2. The van der Waals surface area contributed by atoms with Gasteiger partial charge in [-0.25, -0.2) is 14.8 Å². The number of hydrogen-bond donors (Lipinski definition) is 3. The van der Waals surface area contributed by atoms with Crippen LogP contribution in [0.15, 0.2) is 29.0 Å². The minimum atomic E-state index is -4.74. The van der Waals surface area contributed by atoms with Crippen LogP contribution >= 0.6 is 0 Å². The van der Waals surface area contributed by atoms with E-state index in [1.165, 1.54) is 18.0 Å². The SMILES string of the molecule is COc1cc(NC(=O)Cn2cnc3c2C(O)N(Cc2cc(C)on2)C(=O)N3)nc(C(F)(F)F)c1. The zero-order valence-corrected chi connectivity index (χ0v) is 17.8. The topological polar surface area (TPSA) is 148 Å². The van der Waals surface area contributed by atoms with Gasteiger partial charge in [0.05, 0.1) is 20.0 Å². The van der Waals surface area contributed by atoms with Gasteiger partial charge in [-0.1, -0.05) is 5.16 Å². The third-order valence-corrected chi connectivity index (χ3v) is 4.82. The average Bonchev–Trinajstić information content (AvgIpc) is 3.35. The summed E-state index contributed by atoms with van der Waals surface area (Å²) in [6, 6.07) is 2.78. The molecule has 3 aromatic rings. The van der Waals surface area contributed by atoms with Crippen LogP contribution in [-0.2, 0) is 24.1 Å². The molecule has 0 fully saturated rings. The van der Waals surface area contributed by atoms with Crippen LogP contribution in [0.25, 0.3) is 0 Å². The van der Waals surface area contributed by atoms with Crippen molar-refractivity contribution in [3.63, 3.8) is 0 Å². The van der Waals surface area contributed by atoms with Gasteiger partial charge in [-0.3, -0.25) is 15.0 Å². The Hall–Kier alpha value is -4.14. The molecule has 1 aliphatic heterocycles. The minimum absolute atomic E-state index is 0.0387. The first-order valence-electron chi connectivity index (χ1n) is 9.71. The summed E-state index contributed by atoms with van der Waals surface area (Å²) in [4.78, 5) is 33.4. The van der Waals surface area contributed by atoms with E-state index in [1.807, 2.05) is 0 Å². The summed E-state index contributed by atoms with van der Waals surface area (Å²) in [5, 5.41) is 19.3. The average molecular weight is 481 g/mol. The molecular weight excluding hydrogens is 463 g/mol. The van der Waals surface area contributed by atoms with Gasteiger partial charge >= 0.3 is 12.2 Å². The number of anilines is 2. The van der Waals surface area contributed by atoms with Crippen molar-refractivity contribution in [1.29, 1.82) is 0 Å². The molecule has 15 heteroatoms. The number of pyridine rings is 1. The van der Waals surface area contributed by atoms with E-state index in [2.05, 4.69) is 25.8 Å². The molecule has 0 bridgehead atoms. The smallest absolute Gasteiger partial charge is 0.433 e. The largest absolute Gasteiger partial charge is 0.497 e. The van der Waals surface area contributed by atoms with Crippen LogP contribution in [0.5, 0.6) is 5.75 Å². The molecule has 1 aliphatic rings. The lowest BCUT2D eigenvalue weighted by molar-refractivity contribution is -0.141. The lowest BCUT2D eigenvalue weighted by Gasteiger charge is -2.32. The second-order valence-electron chi connectivity index (χ2n) is 7.29. The van der Waals surface area contributed by atoms with E-state index < -0.39 is 36.6 Å². The van der Waals surface area contributed by atoms with Crippen LogP contribution < -0.4 is 15.4 Å². The highest BCUT2D eigenvalue weighted by atomic mass is 19.4. The first kappa shape index (κ1) is 23.0. The van der Waals surface area contributed by atoms with E-state index in [0.717, 1.165) is 11.0 Å². The maximum absolute atomic E-state index is 13.1. The van der Waals surface area contributed by atoms with Crippen molar-refractivity contribution < 1.29 is 37.1 Å². The third kappa shape index (κ3) is 4.63. The molecule has 0 radical (unpaired) electrons. The lowest BCUT2D eigenvalue weighted by Crippen LogP contribution is -2.43. The highest BCUT2D eigenvalue weighted by molar-refractivity contribution is 5.92. The van der Waals surface area contributed by atoms with Crippen LogP contribution in [-0.4, -0.2) is 48.7 Å². The lowest BCUT2D eigenvalue weighted by atomic mass is 10.2. The van der Waals surface area contributed by atoms with Gasteiger partial charge in [0, 0.05) is 18.2 Å². The van der Waals surface area contributed by atoms with Crippen LogP contribution in [0.4, 0.5) is 29.6 Å². The molecule has 0 saturated heterocycles. The van der Waals surface area contributed by atoms with Crippen molar-refractivity contribution in [1.82, 2.24) is 24.6 Å². The number of methoxy groups -OCH3 is 1. The fourth-order valence-corrected chi connectivity index (χ4v) is 3.31. The summed E-state index contributed by atoms with van der Waals surface area (Å²) in [5.41, 5.74) is -0.743. The molecule has 0 spiro atoms. The second kappa shape index (κ2) is 8.66.